The summed E-state index contributed by atoms with van der Waals surface area (Å²) in [4.78, 5) is 10.4. The second-order valence-corrected chi connectivity index (χ2v) is 3.46. The Kier molecular flexibility index (Phi) is 3.27. The fourth-order valence-corrected chi connectivity index (χ4v) is 1.35. The van der Waals surface area contributed by atoms with Gasteiger partial charge in [0.05, 0.1) is 6.54 Å². The van der Waals surface area contributed by atoms with Crippen molar-refractivity contribution in [1.82, 2.24) is 5.01 Å². The lowest BCUT2D eigenvalue weighted by Gasteiger charge is -2.11. The van der Waals surface area contributed by atoms with E-state index in [-0.39, 0.29) is 6.54 Å². The maximum atomic E-state index is 10.4. The van der Waals surface area contributed by atoms with Crippen molar-refractivity contribution in [2.75, 3.05) is 0 Å². The van der Waals surface area contributed by atoms with Crippen LogP contribution in [0.3, 0.4) is 0 Å². The topological polar surface area (TPSA) is 66.6 Å². The second kappa shape index (κ2) is 4.25. The maximum Gasteiger partial charge on any atom is 0.421 e. The lowest BCUT2D eigenvalue weighted by Crippen LogP contribution is -2.35. The number of nitrogens with two attached hydrogens (primary N) is 1. The largest absolute Gasteiger partial charge is 0.464 e. The van der Waals surface area contributed by atoms with Crippen molar-refractivity contribution >= 4 is 22.0 Å². The van der Waals surface area contributed by atoms with Gasteiger partial charge in [0.2, 0.25) is 0 Å². The predicted molar refractivity (Wildman–Crippen MR) is 51.9 cm³/mol. The molecule has 0 aliphatic carbocycles. The number of hydrogen-bond donors (Lipinski definition) is 2. The van der Waals surface area contributed by atoms with Crippen LogP contribution in [-0.4, -0.2) is 16.2 Å². The quantitative estimate of drug-likeness (QED) is 0.474. The zero-order valence-electron chi connectivity index (χ0n) is 6.77. The van der Waals surface area contributed by atoms with E-state index < -0.39 is 6.09 Å². The molecule has 1 rings (SSSR count). The molecule has 0 fully saturated rings. The first-order valence-electron chi connectivity index (χ1n) is 3.59. The first-order chi connectivity index (χ1) is 6.09. The minimum absolute atomic E-state index is 0.189. The maximum absolute atomic E-state index is 10.4. The first-order valence-corrected chi connectivity index (χ1v) is 4.38. The van der Waals surface area contributed by atoms with Crippen LogP contribution >= 0.6 is 15.9 Å². The number of rotatable bonds is 2. The molecule has 0 aliphatic heterocycles. The Morgan fingerprint density at radius 1 is 1.62 bits per heavy atom. The number of hydrazine groups is 1. The summed E-state index contributed by atoms with van der Waals surface area (Å²) >= 11 is 3.28. The Morgan fingerprint density at radius 2 is 2.31 bits per heavy atom. The minimum atomic E-state index is -1.14. The van der Waals surface area contributed by atoms with E-state index in [1.165, 1.54) is 0 Å². The summed E-state index contributed by atoms with van der Waals surface area (Å²) in [5, 5.41) is 9.24. The molecule has 0 bridgehead atoms. The van der Waals surface area contributed by atoms with Gasteiger partial charge < -0.3 is 5.11 Å². The molecule has 0 saturated heterocycles. The van der Waals surface area contributed by atoms with Gasteiger partial charge in [0.15, 0.2) is 0 Å². The van der Waals surface area contributed by atoms with E-state index in [2.05, 4.69) is 15.9 Å². The summed E-state index contributed by atoms with van der Waals surface area (Å²) in [5.41, 5.74) is 0.847. The highest BCUT2D eigenvalue weighted by atomic mass is 79.9. The van der Waals surface area contributed by atoms with Crippen LogP contribution in [-0.2, 0) is 6.54 Å². The van der Waals surface area contributed by atoms with Crippen LogP contribution in [0.1, 0.15) is 5.56 Å². The highest BCUT2D eigenvalue weighted by Gasteiger charge is 2.06. The number of carboxylic acid groups (broad SMARTS) is 1. The molecule has 0 spiro atoms. The van der Waals surface area contributed by atoms with E-state index in [4.69, 9.17) is 10.9 Å². The van der Waals surface area contributed by atoms with Crippen molar-refractivity contribution in [3.63, 3.8) is 0 Å². The van der Waals surface area contributed by atoms with Crippen molar-refractivity contribution in [2.45, 2.75) is 6.54 Å². The molecule has 1 amide bonds. The highest BCUT2D eigenvalue weighted by molar-refractivity contribution is 9.10. The first kappa shape index (κ1) is 10.0. The van der Waals surface area contributed by atoms with Gasteiger partial charge in [-0.15, -0.1) is 0 Å². The number of halogens is 1. The van der Waals surface area contributed by atoms with Crippen molar-refractivity contribution < 1.29 is 9.90 Å². The van der Waals surface area contributed by atoms with E-state index >= 15 is 0 Å². The number of hydrogen-bond acceptors (Lipinski definition) is 2. The Labute approximate surface area is 84.1 Å². The van der Waals surface area contributed by atoms with Gasteiger partial charge in [0, 0.05) is 4.47 Å². The molecule has 1 aromatic rings. The van der Waals surface area contributed by atoms with Gasteiger partial charge in [0.25, 0.3) is 0 Å². The van der Waals surface area contributed by atoms with E-state index in [9.17, 15) is 4.79 Å². The van der Waals surface area contributed by atoms with Gasteiger partial charge >= 0.3 is 6.09 Å². The summed E-state index contributed by atoms with van der Waals surface area (Å²) in [6.45, 7) is 0.189. The third kappa shape index (κ3) is 3.04. The van der Waals surface area contributed by atoms with Crippen molar-refractivity contribution in [3.8, 4) is 0 Å². The Hall–Kier alpha value is -1.07. The van der Waals surface area contributed by atoms with Gasteiger partial charge in [-0.25, -0.2) is 15.6 Å². The molecular formula is C8H9BrN2O2. The third-order valence-corrected chi connectivity index (χ3v) is 1.98. The number of nitrogens with zero attached hydrogens (tertiary/aromatic N) is 1. The smallest absolute Gasteiger partial charge is 0.421 e. The third-order valence-electron chi connectivity index (χ3n) is 1.49. The zero-order chi connectivity index (χ0) is 9.84. The molecule has 0 saturated carbocycles. The van der Waals surface area contributed by atoms with Gasteiger partial charge in [-0.05, 0) is 17.7 Å². The predicted octanol–water partition coefficient (Wildman–Crippen LogP) is 1.80. The molecule has 1 aromatic carbocycles. The standard InChI is InChI=1S/C8H9BrN2O2/c9-7-3-1-2-6(4-7)5-11(10)8(12)13/h1-4H,5,10H2,(H,12,13). The lowest BCUT2D eigenvalue weighted by molar-refractivity contribution is 0.143. The zero-order valence-corrected chi connectivity index (χ0v) is 8.36. The molecular weight excluding hydrogens is 236 g/mol. The Balaban J connectivity index is 2.69. The molecule has 13 heavy (non-hydrogen) atoms. The number of carbonyl (C=O) groups is 1. The van der Waals surface area contributed by atoms with Crippen LogP contribution < -0.4 is 5.84 Å². The molecule has 0 heterocycles. The highest BCUT2D eigenvalue weighted by Crippen LogP contribution is 2.12. The lowest BCUT2D eigenvalue weighted by atomic mass is 10.2. The number of benzene rings is 1. The van der Waals surface area contributed by atoms with Crippen molar-refractivity contribution in [3.05, 3.63) is 34.3 Å². The molecule has 0 unspecified atom stereocenters. The summed E-state index contributed by atoms with van der Waals surface area (Å²) in [7, 11) is 0. The molecule has 0 radical (unpaired) electrons. The van der Waals surface area contributed by atoms with E-state index in [1.54, 1.807) is 0 Å². The van der Waals surface area contributed by atoms with Crippen LogP contribution in [0.5, 0.6) is 0 Å². The summed E-state index contributed by atoms with van der Waals surface area (Å²) < 4.78 is 0.906. The van der Waals surface area contributed by atoms with Crippen LogP contribution in [0.25, 0.3) is 0 Å². The van der Waals surface area contributed by atoms with Gasteiger partial charge in [-0.1, -0.05) is 28.1 Å². The molecule has 0 aliphatic rings. The second-order valence-electron chi connectivity index (χ2n) is 2.54. The molecule has 70 valence electrons. The summed E-state index contributed by atoms with van der Waals surface area (Å²) in [6.07, 6.45) is -1.14. The molecule has 3 N–H and O–H groups in total. The van der Waals surface area contributed by atoms with Crippen molar-refractivity contribution in [1.29, 1.82) is 0 Å². The Bertz CT molecular complexity index is 317. The monoisotopic (exact) mass is 244 g/mol. The SMILES string of the molecule is NN(Cc1cccc(Br)c1)C(=O)O. The van der Waals surface area contributed by atoms with Crippen LogP contribution in [0.2, 0.25) is 0 Å². The van der Waals surface area contributed by atoms with Crippen LogP contribution in [0.4, 0.5) is 4.79 Å². The fourth-order valence-electron chi connectivity index (χ4n) is 0.900. The van der Waals surface area contributed by atoms with Gasteiger partial charge in [0.1, 0.15) is 0 Å². The van der Waals surface area contributed by atoms with E-state index in [0.29, 0.717) is 0 Å². The molecule has 5 heteroatoms. The van der Waals surface area contributed by atoms with Gasteiger partial charge in [-0.3, -0.25) is 0 Å². The van der Waals surface area contributed by atoms with Crippen LogP contribution in [0, 0.1) is 0 Å². The molecule has 0 aromatic heterocycles. The van der Waals surface area contributed by atoms with Gasteiger partial charge in [-0.2, -0.15) is 0 Å². The van der Waals surface area contributed by atoms with Crippen LogP contribution in [0.15, 0.2) is 28.7 Å². The van der Waals surface area contributed by atoms with E-state index in [0.717, 1.165) is 15.0 Å². The Morgan fingerprint density at radius 3 is 2.85 bits per heavy atom. The minimum Gasteiger partial charge on any atom is -0.464 e. The molecule has 0 atom stereocenters. The average molecular weight is 245 g/mol. The summed E-state index contributed by atoms with van der Waals surface area (Å²) in [5.74, 6) is 5.22. The fraction of sp³-hybridized carbons (Fsp3) is 0.125. The number of amides is 1. The summed E-state index contributed by atoms with van der Waals surface area (Å²) in [6, 6.07) is 7.33. The van der Waals surface area contributed by atoms with E-state index in [1.807, 2.05) is 24.3 Å². The normalized spacial score (nSPS) is 9.69. The van der Waals surface area contributed by atoms with Crippen molar-refractivity contribution in [2.24, 2.45) is 5.84 Å². The molecule has 4 nitrogen and oxygen atoms in total. The average Bonchev–Trinajstić information content (AvgIpc) is 2.04.